The molecule has 1 atom stereocenters. The van der Waals surface area contributed by atoms with Gasteiger partial charge in [-0.15, -0.1) is 21.5 Å². The lowest BCUT2D eigenvalue weighted by Crippen LogP contribution is -2.11. The molecule has 24 heavy (non-hydrogen) atoms. The van der Waals surface area contributed by atoms with E-state index in [0.29, 0.717) is 5.01 Å². The number of thiazole rings is 1. The molecular formula is C16H17N5OS2. The molecule has 8 heteroatoms. The van der Waals surface area contributed by atoms with Gasteiger partial charge in [0.15, 0.2) is 10.2 Å². The Hall–Kier alpha value is -2.19. The average Bonchev–Trinajstić information content (AvgIpc) is 3.17. The van der Waals surface area contributed by atoms with E-state index in [4.69, 9.17) is 0 Å². The predicted molar refractivity (Wildman–Crippen MR) is 96.5 cm³/mol. The molecule has 0 aliphatic rings. The fourth-order valence-electron chi connectivity index (χ4n) is 2.12. The molecule has 0 unspecified atom stereocenters. The molecule has 6 nitrogen and oxygen atoms in total. The number of amides is 1. The van der Waals surface area contributed by atoms with Gasteiger partial charge in [-0.05, 0) is 31.5 Å². The number of carbonyl (C=O) groups excluding carboxylic acids is 1. The molecular weight excluding hydrogens is 342 g/mol. The molecule has 3 rings (SSSR count). The standard InChI is InChI=1S/C16H17N5OS2/c1-10-8-23-15(18-10)14(22)19-13-6-4-5-12(7-13)11(2)24-16-20-17-9-21(16)3/h4-9,11H,1-3H3,(H,19,22)/t11-/m0/s1. The van der Waals surface area contributed by atoms with E-state index >= 15 is 0 Å². The first-order valence-electron chi connectivity index (χ1n) is 7.37. The summed E-state index contributed by atoms with van der Waals surface area (Å²) >= 11 is 2.97. The van der Waals surface area contributed by atoms with Gasteiger partial charge in [-0.3, -0.25) is 4.79 Å². The molecule has 0 radical (unpaired) electrons. The third kappa shape index (κ3) is 3.82. The number of benzene rings is 1. The number of aromatic nitrogens is 4. The van der Waals surface area contributed by atoms with E-state index in [1.54, 1.807) is 18.1 Å². The number of carbonyl (C=O) groups is 1. The number of thioether (sulfide) groups is 1. The van der Waals surface area contributed by atoms with E-state index in [1.165, 1.54) is 11.3 Å². The quantitative estimate of drug-likeness (QED) is 0.704. The van der Waals surface area contributed by atoms with Crippen LogP contribution in [0.5, 0.6) is 0 Å². The van der Waals surface area contributed by atoms with Gasteiger partial charge in [0.2, 0.25) is 0 Å². The third-order valence-corrected chi connectivity index (χ3v) is 5.54. The average molecular weight is 359 g/mol. The van der Waals surface area contributed by atoms with Gasteiger partial charge in [0.05, 0.1) is 0 Å². The molecule has 0 aliphatic heterocycles. The number of nitrogens with one attached hydrogen (secondary N) is 1. The first-order valence-corrected chi connectivity index (χ1v) is 9.13. The van der Waals surface area contributed by atoms with Crippen LogP contribution in [0, 0.1) is 6.92 Å². The Bertz CT molecular complexity index is 858. The van der Waals surface area contributed by atoms with Crippen molar-refractivity contribution in [1.82, 2.24) is 19.7 Å². The van der Waals surface area contributed by atoms with Crippen molar-refractivity contribution >= 4 is 34.7 Å². The monoisotopic (exact) mass is 359 g/mol. The summed E-state index contributed by atoms with van der Waals surface area (Å²) in [6, 6.07) is 7.83. The molecule has 0 bridgehead atoms. The molecule has 124 valence electrons. The zero-order valence-corrected chi connectivity index (χ0v) is 15.2. The molecule has 0 saturated heterocycles. The van der Waals surface area contributed by atoms with Crippen molar-refractivity contribution in [3.8, 4) is 0 Å². The van der Waals surface area contributed by atoms with Crippen molar-refractivity contribution in [2.24, 2.45) is 7.05 Å². The van der Waals surface area contributed by atoms with Crippen LogP contribution in [0.15, 0.2) is 41.1 Å². The number of anilines is 1. The molecule has 1 aromatic carbocycles. The van der Waals surface area contributed by atoms with Crippen LogP contribution in [0.2, 0.25) is 0 Å². The van der Waals surface area contributed by atoms with Gasteiger partial charge in [-0.1, -0.05) is 23.9 Å². The van der Waals surface area contributed by atoms with Crippen molar-refractivity contribution in [3.63, 3.8) is 0 Å². The van der Waals surface area contributed by atoms with Crippen molar-refractivity contribution < 1.29 is 4.79 Å². The smallest absolute Gasteiger partial charge is 0.284 e. The molecule has 0 spiro atoms. The largest absolute Gasteiger partial charge is 0.320 e. The molecule has 3 aromatic rings. The molecule has 0 aliphatic carbocycles. The van der Waals surface area contributed by atoms with Crippen molar-refractivity contribution in [3.05, 3.63) is 52.2 Å². The van der Waals surface area contributed by atoms with E-state index in [1.807, 2.05) is 48.2 Å². The second-order valence-corrected chi connectivity index (χ2v) is 7.52. The summed E-state index contributed by atoms with van der Waals surface area (Å²) < 4.78 is 1.89. The highest BCUT2D eigenvalue weighted by molar-refractivity contribution is 7.99. The van der Waals surface area contributed by atoms with Crippen LogP contribution in [0.25, 0.3) is 0 Å². The number of hydrogen-bond acceptors (Lipinski definition) is 6. The van der Waals surface area contributed by atoms with E-state index < -0.39 is 0 Å². The summed E-state index contributed by atoms with van der Waals surface area (Å²) in [4.78, 5) is 16.4. The minimum absolute atomic E-state index is 0.182. The first-order chi connectivity index (χ1) is 11.5. The van der Waals surface area contributed by atoms with Crippen LogP contribution in [0.1, 0.15) is 33.2 Å². The molecule has 0 fully saturated rings. The zero-order valence-electron chi connectivity index (χ0n) is 13.6. The van der Waals surface area contributed by atoms with Crippen LogP contribution >= 0.6 is 23.1 Å². The summed E-state index contributed by atoms with van der Waals surface area (Å²) in [7, 11) is 1.92. The van der Waals surface area contributed by atoms with Crippen molar-refractivity contribution in [1.29, 1.82) is 0 Å². The Morgan fingerprint density at radius 1 is 1.42 bits per heavy atom. The fourth-order valence-corrected chi connectivity index (χ4v) is 3.71. The minimum Gasteiger partial charge on any atom is -0.320 e. The van der Waals surface area contributed by atoms with Gasteiger partial charge in [0, 0.05) is 29.1 Å². The Morgan fingerprint density at radius 2 is 2.25 bits per heavy atom. The van der Waals surface area contributed by atoms with Gasteiger partial charge in [-0.2, -0.15) is 0 Å². The Kier molecular flexibility index (Phi) is 4.96. The Balaban J connectivity index is 1.71. The van der Waals surface area contributed by atoms with Crippen LogP contribution in [0.3, 0.4) is 0 Å². The van der Waals surface area contributed by atoms with E-state index in [0.717, 1.165) is 22.1 Å². The van der Waals surface area contributed by atoms with Crippen LogP contribution in [0.4, 0.5) is 5.69 Å². The summed E-state index contributed by atoms with van der Waals surface area (Å²) in [5.74, 6) is -0.182. The molecule has 1 N–H and O–H groups in total. The highest BCUT2D eigenvalue weighted by Crippen LogP contribution is 2.34. The first kappa shape index (κ1) is 16.7. The van der Waals surface area contributed by atoms with E-state index in [9.17, 15) is 4.79 Å². The lowest BCUT2D eigenvalue weighted by molar-refractivity contribution is 0.102. The van der Waals surface area contributed by atoms with Gasteiger partial charge >= 0.3 is 0 Å². The van der Waals surface area contributed by atoms with Crippen molar-refractivity contribution in [2.75, 3.05) is 5.32 Å². The molecule has 2 aromatic heterocycles. The highest BCUT2D eigenvalue weighted by atomic mass is 32.2. The van der Waals surface area contributed by atoms with Gasteiger partial charge in [0.1, 0.15) is 6.33 Å². The predicted octanol–water partition coefficient (Wildman–Crippen LogP) is 3.69. The maximum absolute atomic E-state index is 12.2. The Labute approximate surface area is 148 Å². The van der Waals surface area contributed by atoms with Gasteiger partial charge in [0.25, 0.3) is 5.91 Å². The number of rotatable bonds is 5. The number of nitrogens with zero attached hydrogens (tertiary/aromatic N) is 4. The number of hydrogen-bond donors (Lipinski definition) is 1. The lowest BCUT2D eigenvalue weighted by Gasteiger charge is -2.12. The summed E-state index contributed by atoms with van der Waals surface area (Å²) in [5.41, 5.74) is 2.72. The van der Waals surface area contributed by atoms with Crippen LogP contribution in [-0.4, -0.2) is 25.7 Å². The van der Waals surface area contributed by atoms with Gasteiger partial charge in [-0.25, -0.2) is 4.98 Å². The fraction of sp³-hybridized carbons (Fsp3) is 0.250. The second-order valence-electron chi connectivity index (χ2n) is 5.36. The van der Waals surface area contributed by atoms with Crippen LogP contribution < -0.4 is 5.32 Å². The number of aryl methyl sites for hydroxylation is 2. The topological polar surface area (TPSA) is 72.7 Å². The third-order valence-electron chi connectivity index (χ3n) is 3.38. The molecule has 2 heterocycles. The van der Waals surface area contributed by atoms with E-state index in [2.05, 4.69) is 27.4 Å². The SMILES string of the molecule is Cc1csc(C(=O)Nc2cccc([C@H](C)Sc3nncn3C)c2)n1. The molecule has 1 amide bonds. The summed E-state index contributed by atoms with van der Waals surface area (Å²) in [5, 5.41) is 14.3. The van der Waals surface area contributed by atoms with Crippen molar-refractivity contribution in [2.45, 2.75) is 24.3 Å². The summed E-state index contributed by atoms with van der Waals surface area (Å²) in [6.45, 7) is 3.98. The van der Waals surface area contributed by atoms with E-state index in [-0.39, 0.29) is 11.2 Å². The molecule has 0 saturated carbocycles. The normalized spacial score (nSPS) is 12.1. The Morgan fingerprint density at radius 3 is 2.92 bits per heavy atom. The maximum atomic E-state index is 12.2. The minimum atomic E-state index is -0.182. The zero-order chi connectivity index (χ0) is 17.1. The summed E-state index contributed by atoms with van der Waals surface area (Å²) in [6.07, 6.45) is 1.68. The highest BCUT2D eigenvalue weighted by Gasteiger charge is 2.14. The lowest BCUT2D eigenvalue weighted by atomic mass is 10.1. The maximum Gasteiger partial charge on any atom is 0.284 e. The van der Waals surface area contributed by atoms with Gasteiger partial charge < -0.3 is 9.88 Å². The van der Waals surface area contributed by atoms with Crippen LogP contribution in [-0.2, 0) is 7.05 Å². The second kappa shape index (κ2) is 7.14.